The summed E-state index contributed by atoms with van der Waals surface area (Å²) in [5.41, 5.74) is 28.9. The smallest absolute Gasteiger partial charge is 0.256 e. The average Bonchev–Trinajstić information content (AvgIpc) is 1.23. The molecular weight excluding hydrogens is 1260 g/mol. The molecular formula is C92H72B2N6OS. The van der Waals surface area contributed by atoms with E-state index in [1.165, 1.54) is 76.2 Å². The van der Waals surface area contributed by atoms with Gasteiger partial charge in [-0.3, -0.25) is 4.90 Å². The molecule has 7 nitrogen and oxygen atoms in total. The van der Waals surface area contributed by atoms with Gasteiger partial charge in [0, 0.05) is 84.3 Å². The van der Waals surface area contributed by atoms with Crippen LogP contribution in [0.1, 0.15) is 51.3 Å². The maximum Gasteiger partial charge on any atom is 0.256 e. The van der Waals surface area contributed by atoms with Crippen LogP contribution in [0.15, 0.2) is 338 Å². The highest BCUT2D eigenvalue weighted by molar-refractivity contribution is 7.26. The molecule has 0 amide bonds. The van der Waals surface area contributed by atoms with Crippen LogP contribution in [0.4, 0.5) is 102 Å². The second-order valence-electron chi connectivity index (χ2n) is 29.0. The molecule has 4 aliphatic rings. The van der Waals surface area contributed by atoms with Gasteiger partial charge in [-0.15, -0.1) is 11.3 Å². The van der Waals surface area contributed by atoms with Crippen LogP contribution in [0.5, 0.6) is 0 Å². The highest BCUT2D eigenvalue weighted by Crippen LogP contribution is 2.53. The van der Waals surface area contributed by atoms with Crippen LogP contribution in [-0.4, -0.2) is 13.4 Å². The van der Waals surface area contributed by atoms with Crippen LogP contribution in [0, 0.1) is 0 Å². The topological polar surface area (TPSA) is 32.6 Å². The summed E-state index contributed by atoms with van der Waals surface area (Å²) in [6.45, 7) is 11.5. The highest BCUT2D eigenvalue weighted by atomic mass is 32.1. The Kier molecular flexibility index (Phi) is 14.5. The molecule has 0 atom stereocenters. The normalized spacial score (nSPS) is 13.3. The molecule has 10 heteroatoms. The van der Waals surface area contributed by atoms with Crippen molar-refractivity contribution in [1.82, 2.24) is 0 Å². The van der Waals surface area contributed by atoms with Gasteiger partial charge in [-0.05, 0) is 218 Å². The molecule has 0 N–H and O–H groups in total. The number of para-hydroxylation sites is 7. The number of furan rings is 1. The Morgan fingerprint density at radius 3 is 1.26 bits per heavy atom. The zero-order valence-corrected chi connectivity index (χ0v) is 58.4. The summed E-state index contributed by atoms with van der Waals surface area (Å²) in [7, 11) is 0. The van der Waals surface area contributed by atoms with Crippen LogP contribution >= 0.6 is 11.3 Å². The number of rotatable bonds is 13. The summed E-state index contributed by atoms with van der Waals surface area (Å²) in [5.74, 6) is 0.838. The van der Waals surface area contributed by atoms with Crippen molar-refractivity contribution < 1.29 is 4.42 Å². The summed E-state index contributed by atoms with van der Waals surface area (Å²) in [6.07, 6.45) is 2.70. The zero-order valence-electron chi connectivity index (χ0n) is 57.6. The van der Waals surface area contributed by atoms with Crippen molar-refractivity contribution in [2.24, 2.45) is 0 Å². The van der Waals surface area contributed by atoms with Gasteiger partial charge < -0.3 is 28.9 Å². The summed E-state index contributed by atoms with van der Waals surface area (Å²) in [4.78, 5) is 14.8. The van der Waals surface area contributed by atoms with E-state index in [4.69, 9.17) is 4.42 Å². The molecule has 0 unspecified atom stereocenters. The fraction of sp³-hybridized carbons (Fsp3) is 0.0870. The lowest BCUT2D eigenvalue weighted by Gasteiger charge is -2.44. The van der Waals surface area contributed by atoms with E-state index in [-0.39, 0.29) is 24.3 Å². The minimum absolute atomic E-state index is 0.00866. The van der Waals surface area contributed by atoms with Crippen molar-refractivity contribution in [3.05, 3.63) is 351 Å². The van der Waals surface area contributed by atoms with Crippen LogP contribution in [-0.2, 0) is 17.3 Å². The highest BCUT2D eigenvalue weighted by Gasteiger charge is 2.48. The van der Waals surface area contributed by atoms with Gasteiger partial charge in [-0.25, -0.2) is 0 Å². The lowest BCUT2D eigenvalue weighted by atomic mass is 9.33. The van der Waals surface area contributed by atoms with Gasteiger partial charge in [0.2, 0.25) is 0 Å². The minimum atomic E-state index is -0.242. The van der Waals surface area contributed by atoms with Gasteiger partial charge in [-0.2, -0.15) is 0 Å². The van der Waals surface area contributed by atoms with Crippen molar-refractivity contribution in [1.29, 1.82) is 0 Å². The lowest BCUT2D eigenvalue weighted by Crippen LogP contribution is -2.61. The first-order valence-electron chi connectivity index (χ1n) is 35.5. The number of hydrogen-bond donors (Lipinski definition) is 0. The molecule has 0 saturated heterocycles. The van der Waals surface area contributed by atoms with Crippen LogP contribution in [0.3, 0.4) is 0 Å². The van der Waals surface area contributed by atoms with Gasteiger partial charge in [0.1, 0.15) is 0 Å². The van der Waals surface area contributed by atoms with Crippen LogP contribution in [0.25, 0.3) is 10.1 Å². The molecule has 102 heavy (non-hydrogen) atoms. The van der Waals surface area contributed by atoms with Gasteiger partial charge in [0.05, 0.1) is 22.6 Å². The molecule has 0 spiro atoms. The SMILES string of the molecule is CC(C)(C)c1ccc(N2c3cc(N(c4ccccc4)c4ccccc4)cc4c3B(c3ccccc3N4c3ccc(CC(C)(C)c4ccc(N5c6cc(N(c7ccccc7)c7ccccc7)cc7c6B(c6ccccc6N7c6ccccc6)c6c5sc5ccccc65)cc4)cc3)c3ccoc32)cc1. The first-order chi connectivity index (χ1) is 50.0. The lowest BCUT2D eigenvalue weighted by molar-refractivity contribution is 0.522. The van der Waals surface area contributed by atoms with E-state index < -0.39 is 0 Å². The van der Waals surface area contributed by atoms with Gasteiger partial charge >= 0.3 is 0 Å². The number of nitrogens with zero attached hydrogens (tertiary/aromatic N) is 6. The Hall–Kier alpha value is -12.0. The fourth-order valence-corrected chi connectivity index (χ4v) is 18.0. The van der Waals surface area contributed by atoms with Crippen LogP contribution in [0.2, 0.25) is 0 Å². The maximum atomic E-state index is 6.69. The molecule has 0 radical (unpaired) electrons. The Labute approximate surface area is 601 Å². The summed E-state index contributed by atoms with van der Waals surface area (Å²) < 4.78 is 7.97. The van der Waals surface area contributed by atoms with E-state index in [1.54, 1.807) is 0 Å². The van der Waals surface area contributed by atoms with E-state index in [1.807, 2.05) is 17.6 Å². The van der Waals surface area contributed by atoms with Crippen molar-refractivity contribution in [3.63, 3.8) is 0 Å². The predicted octanol–water partition coefficient (Wildman–Crippen LogP) is 21.4. The van der Waals surface area contributed by atoms with E-state index in [2.05, 4.69) is 392 Å². The zero-order chi connectivity index (χ0) is 68.4. The second-order valence-corrected chi connectivity index (χ2v) is 30.1. The predicted molar refractivity (Wildman–Crippen MR) is 433 cm³/mol. The molecule has 0 saturated carbocycles. The number of fused-ring (bicyclic) bond motifs is 10. The molecule has 6 heterocycles. The maximum absolute atomic E-state index is 6.69. The van der Waals surface area contributed by atoms with E-state index >= 15 is 0 Å². The molecule has 0 fully saturated rings. The van der Waals surface area contributed by atoms with E-state index in [0.29, 0.717) is 0 Å². The molecule has 4 aliphatic heterocycles. The minimum Gasteiger partial charge on any atom is -0.449 e. The number of anilines is 18. The standard InChI is InChI=1S/C92H72B2N6OS/c1-91(2,3)63-45-51-71(52-46-63)99-83-59-73(95(65-27-11-6-12-28-65)66-29-13-7-14-30-66)57-81-87(83)93(78-55-56-101-89(78)99)76-38-22-24-40-79(76)98(81)70-49-43-62(44-50-70)61-92(4,5)64-47-53-72(54-48-64)100-84-60-74(96(67-31-15-8-16-32-67)68-33-17-9-18-34-68)58-82-88(84)94(86-75-37-21-26-42-85(75)102-90(86)100)77-39-23-25-41-80(77)97(82)69-35-19-10-20-36-69/h6-60H,61H2,1-5H3. The Morgan fingerprint density at radius 1 is 0.333 bits per heavy atom. The molecule has 15 aromatic rings. The van der Waals surface area contributed by atoms with Crippen LogP contribution < -0.4 is 62.2 Å². The first kappa shape index (κ1) is 61.1. The van der Waals surface area contributed by atoms with Gasteiger partial charge in [0.25, 0.3) is 13.4 Å². The van der Waals surface area contributed by atoms with E-state index in [9.17, 15) is 0 Å². The van der Waals surface area contributed by atoms with Crippen molar-refractivity contribution in [2.75, 3.05) is 29.4 Å². The number of thiophene rings is 1. The molecule has 2 aromatic heterocycles. The van der Waals surface area contributed by atoms with Crippen molar-refractivity contribution in [2.45, 2.75) is 51.9 Å². The quantitative estimate of drug-likeness (QED) is 0.106. The summed E-state index contributed by atoms with van der Waals surface area (Å²) >= 11 is 1.90. The number of benzene rings is 13. The van der Waals surface area contributed by atoms with Crippen molar-refractivity contribution in [3.8, 4) is 0 Å². The Morgan fingerprint density at radius 2 is 0.735 bits per heavy atom. The molecule has 0 aliphatic carbocycles. The summed E-state index contributed by atoms with van der Waals surface area (Å²) in [6, 6.07) is 121. The largest absolute Gasteiger partial charge is 0.449 e. The Bertz CT molecular complexity index is 5590. The van der Waals surface area contributed by atoms with Crippen molar-refractivity contribution >= 4 is 170 Å². The Balaban J connectivity index is 0.721. The van der Waals surface area contributed by atoms with E-state index in [0.717, 1.165) is 91.7 Å². The molecule has 13 aromatic carbocycles. The summed E-state index contributed by atoms with van der Waals surface area (Å²) in [5, 5.41) is 2.54. The third kappa shape index (κ3) is 10.0. The molecule has 0 bridgehead atoms. The average molecular weight is 1330 g/mol. The van der Waals surface area contributed by atoms with Gasteiger partial charge in [-0.1, -0.05) is 217 Å². The third-order valence-corrected chi connectivity index (χ3v) is 22.6. The number of hydrogen-bond acceptors (Lipinski definition) is 8. The monoisotopic (exact) mass is 1330 g/mol. The first-order valence-corrected chi connectivity index (χ1v) is 36.3. The fourth-order valence-electron chi connectivity index (χ4n) is 16.7. The molecule has 19 rings (SSSR count). The molecule has 488 valence electrons. The van der Waals surface area contributed by atoms with Gasteiger partial charge in [0.15, 0.2) is 5.88 Å². The third-order valence-electron chi connectivity index (χ3n) is 21.4. The second kappa shape index (κ2) is 24.1.